The van der Waals surface area contributed by atoms with Gasteiger partial charge in [-0.15, -0.1) is 11.6 Å². The van der Waals surface area contributed by atoms with Crippen LogP contribution < -0.4 is 5.73 Å². The van der Waals surface area contributed by atoms with Gasteiger partial charge in [0.15, 0.2) is 0 Å². The van der Waals surface area contributed by atoms with Crippen molar-refractivity contribution in [2.75, 3.05) is 45.9 Å². The molecule has 0 amide bonds. The monoisotopic (exact) mass is 545 g/mol. The molecule has 0 radical (unpaired) electrons. The first-order valence-corrected chi connectivity index (χ1v) is 13.7. The predicted molar refractivity (Wildman–Crippen MR) is 159 cm³/mol. The summed E-state index contributed by atoms with van der Waals surface area (Å²) in [5.74, 6) is 0.810. The maximum absolute atomic E-state index is 9.44. The topological polar surface area (TPSA) is 78.0 Å². The van der Waals surface area contributed by atoms with E-state index in [0.29, 0.717) is 23.3 Å². The number of pyridine rings is 1. The van der Waals surface area contributed by atoms with Crippen LogP contribution in [-0.2, 0) is 6.54 Å². The van der Waals surface area contributed by atoms with Crippen molar-refractivity contribution < 1.29 is 5.11 Å². The summed E-state index contributed by atoms with van der Waals surface area (Å²) >= 11 is 12.8. The van der Waals surface area contributed by atoms with Crippen LogP contribution in [0.15, 0.2) is 64.4 Å². The third-order valence-corrected chi connectivity index (χ3v) is 6.93. The van der Waals surface area contributed by atoms with E-state index in [1.807, 2.05) is 27.0 Å². The molecule has 1 aromatic carbocycles. The number of rotatable bonds is 10. The fourth-order valence-electron chi connectivity index (χ4n) is 4.38. The number of hydrogen-bond donors (Lipinski definition) is 2. The second-order valence-corrected chi connectivity index (χ2v) is 9.90. The molecule has 37 heavy (non-hydrogen) atoms. The van der Waals surface area contributed by atoms with Gasteiger partial charge in [0, 0.05) is 47.7 Å². The number of anilines is 1. The van der Waals surface area contributed by atoms with Gasteiger partial charge in [-0.3, -0.25) is 5.01 Å². The maximum atomic E-state index is 9.44. The van der Waals surface area contributed by atoms with E-state index in [4.69, 9.17) is 34.0 Å². The van der Waals surface area contributed by atoms with Crippen LogP contribution in [0.3, 0.4) is 0 Å². The van der Waals surface area contributed by atoms with Crippen LogP contribution >= 0.6 is 23.2 Å². The van der Waals surface area contributed by atoms with Crippen molar-refractivity contribution in [1.82, 2.24) is 14.9 Å². The fourth-order valence-corrected chi connectivity index (χ4v) is 5.09. The Hall–Kier alpha value is -2.38. The number of alkyl halides is 1. The number of halogens is 2. The van der Waals surface area contributed by atoms with Crippen molar-refractivity contribution in [1.29, 1.82) is 0 Å². The summed E-state index contributed by atoms with van der Waals surface area (Å²) in [5.41, 5.74) is 12.2. The summed E-state index contributed by atoms with van der Waals surface area (Å²) in [5, 5.41) is 16.7. The van der Waals surface area contributed by atoms with Crippen molar-refractivity contribution in [3.05, 3.63) is 70.4 Å². The average molecular weight is 547 g/mol. The van der Waals surface area contributed by atoms with Gasteiger partial charge in [0.05, 0.1) is 18.9 Å². The van der Waals surface area contributed by atoms with Gasteiger partial charge in [0.2, 0.25) is 0 Å². The van der Waals surface area contributed by atoms with Crippen LogP contribution in [0.25, 0.3) is 11.1 Å². The highest BCUT2D eigenvalue weighted by Gasteiger charge is 2.30. The summed E-state index contributed by atoms with van der Waals surface area (Å²) in [6, 6.07) is 10.5. The van der Waals surface area contributed by atoms with E-state index in [1.165, 1.54) is 5.56 Å². The molecule has 0 saturated carbocycles. The molecule has 2 aromatic rings. The molecular formula is C29H41Cl2N5O. The second-order valence-electron chi connectivity index (χ2n) is 9.22. The van der Waals surface area contributed by atoms with E-state index in [-0.39, 0.29) is 18.4 Å². The van der Waals surface area contributed by atoms with E-state index in [9.17, 15) is 5.11 Å². The van der Waals surface area contributed by atoms with E-state index in [2.05, 4.69) is 67.3 Å². The molecule has 3 rings (SSSR count). The van der Waals surface area contributed by atoms with Gasteiger partial charge in [0.1, 0.15) is 5.82 Å². The number of nitrogens with two attached hydrogens (primary N) is 1. The van der Waals surface area contributed by atoms with E-state index >= 15 is 0 Å². The largest absolute Gasteiger partial charge is 0.394 e. The first-order chi connectivity index (χ1) is 17.7. The Labute approximate surface area is 232 Å². The number of hydrogen-bond acceptors (Lipinski definition) is 6. The summed E-state index contributed by atoms with van der Waals surface area (Å²) in [4.78, 5) is 6.66. The van der Waals surface area contributed by atoms with Crippen LogP contribution in [0.5, 0.6) is 0 Å². The number of hydrazone groups is 1. The quantitative estimate of drug-likeness (QED) is 0.218. The summed E-state index contributed by atoms with van der Waals surface area (Å²) in [6.45, 7) is 7.40. The molecule has 8 heteroatoms. The average Bonchev–Trinajstić information content (AvgIpc) is 2.89. The van der Waals surface area contributed by atoms with Gasteiger partial charge < -0.3 is 15.7 Å². The molecule has 0 aliphatic heterocycles. The third kappa shape index (κ3) is 8.30. The van der Waals surface area contributed by atoms with Crippen molar-refractivity contribution >= 4 is 34.7 Å². The Bertz CT molecular complexity index is 1100. The highest BCUT2D eigenvalue weighted by atomic mass is 35.5. The lowest BCUT2D eigenvalue weighted by Gasteiger charge is -2.30. The van der Waals surface area contributed by atoms with Gasteiger partial charge >= 0.3 is 0 Å². The molecule has 0 fully saturated rings. The molecule has 1 aliphatic rings. The summed E-state index contributed by atoms with van der Waals surface area (Å²) < 4.78 is 0. The minimum absolute atomic E-state index is 0.000439. The molecule has 2 unspecified atom stereocenters. The number of nitrogen functional groups attached to an aromatic ring is 1. The van der Waals surface area contributed by atoms with Gasteiger partial charge in [-0.25, -0.2) is 4.98 Å². The SMILES string of the molecule is CC.CC(/C(=N\N(C)CCO)c1cc(-c2ccc(CN(C)C)cc2)cnc1N)C1CC=CC(Cl)=C1CCl. The zero-order valence-corrected chi connectivity index (χ0v) is 24.4. The number of benzene rings is 1. The molecule has 2 atom stereocenters. The van der Waals surface area contributed by atoms with Crippen molar-refractivity contribution in [3.8, 4) is 11.1 Å². The zero-order valence-electron chi connectivity index (χ0n) is 22.9. The van der Waals surface area contributed by atoms with Crippen molar-refractivity contribution in [2.45, 2.75) is 33.7 Å². The zero-order chi connectivity index (χ0) is 27.5. The van der Waals surface area contributed by atoms with Gasteiger partial charge in [-0.1, -0.05) is 62.7 Å². The Morgan fingerprint density at radius 1 is 1.19 bits per heavy atom. The number of aliphatic hydroxyl groups excluding tert-OH is 1. The second kappa shape index (κ2) is 15.1. The Morgan fingerprint density at radius 3 is 2.46 bits per heavy atom. The minimum atomic E-state index is -0.0367. The summed E-state index contributed by atoms with van der Waals surface area (Å²) in [7, 11) is 5.95. The smallest absolute Gasteiger partial charge is 0.132 e. The van der Waals surface area contributed by atoms with Gasteiger partial charge in [0.25, 0.3) is 0 Å². The number of aliphatic hydroxyl groups is 1. The number of likely N-dealkylation sites (N-methyl/N-ethyl adjacent to an activating group) is 1. The molecule has 1 aliphatic carbocycles. The van der Waals surface area contributed by atoms with Gasteiger partial charge in [-0.05, 0) is 55.3 Å². The maximum Gasteiger partial charge on any atom is 0.132 e. The fraction of sp³-hybridized carbons (Fsp3) is 0.448. The van der Waals surface area contributed by atoms with Crippen molar-refractivity contribution in [3.63, 3.8) is 0 Å². The van der Waals surface area contributed by atoms with Crippen LogP contribution in [0.2, 0.25) is 0 Å². The van der Waals surface area contributed by atoms with Crippen LogP contribution in [0, 0.1) is 11.8 Å². The standard InChI is InChI=1S/C27H35Cl2N5O.C2H6/c1-18(22-6-5-7-25(29)24(22)15-28)26(32-34(4)12-13-35)23-14-21(16-31-27(23)30)20-10-8-19(9-11-20)17-33(2)3;1-2/h5,7-11,14,16,18,22,35H,6,12-13,15,17H2,1-4H3,(H2,30,31);1-2H3/b32-26+;. The third-order valence-electron chi connectivity index (χ3n) is 6.27. The first-order valence-electron chi connectivity index (χ1n) is 12.8. The lowest BCUT2D eigenvalue weighted by molar-refractivity contribution is 0.225. The Balaban J connectivity index is 0.00000235. The predicted octanol–water partition coefficient (Wildman–Crippen LogP) is 5.99. The minimum Gasteiger partial charge on any atom is -0.394 e. The molecule has 0 saturated heterocycles. The normalized spacial score (nSPS) is 16.5. The van der Waals surface area contributed by atoms with Crippen LogP contribution in [0.1, 0.15) is 38.3 Å². The Kier molecular flexibility index (Phi) is 12.6. The lowest BCUT2D eigenvalue weighted by Crippen LogP contribution is -2.29. The molecule has 202 valence electrons. The molecule has 0 bridgehead atoms. The Morgan fingerprint density at radius 2 is 1.86 bits per heavy atom. The van der Waals surface area contributed by atoms with Crippen molar-refractivity contribution in [2.24, 2.45) is 16.9 Å². The molecule has 3 N–H and O–H groups in total. The molecule has 1 aromatic heterocycles. The van der Waals surface area contributed by atoms with Gasteiger partial charge in [-0.2, -0.15) is 5.10 Å². The molecule has 6 nitrogen and oxygen atoms in total. The lowest BCUT2D eigenvalue weighted by atomic mass is 9.78. The summed E-state index contributed by atoms with van der Waals surface area (Å²) in [6.07, 6.45) is 6.59. The van der Waals surface area contributed by atoms with Crippen LogP contribution in [0.4, 0.5) is 5.82 Å². The van der Waals surface area contributed by atoms with Crippen LogP contribution in [-0.4, -0.2) is 65.9 Å². The van der Waals surface area contributed by atoms with E-state index < -0.39 is 0 Å². The number of nitrogens with zero attached hydrogens (tertiary/aromatic N) is 4. The first kappa shape index (κ1) is 30.8. The highest BCUT2D eigenvalue weighted by molar-refractivity contribution is 6.32. The molecule has 0 spiro atoms. The number of aromatic nitrogens is 1. The molecule has 1 heterocycles. The van der Waals surface area contributed by atoms with E-state index in [0.717, 1.165) is 40.9 Å². The highest BCUT2D eigenvalue weighted by Crippen LogP contribution is 2.37. The molecular weight excluding hydrogens is 505 g/mol. The number of allylic oxidation sites excluding steroid dienone is 4. The van der Waals surface area contributed by atoms with E-state index in [1.54, 1.807) is 11.2 Å².